The Morgan fingerprint density at radius 3 is 2.29 bits per heavy atom. The Hall–Kier alpha value is -1.06. The maximum Gasteiger partial charge on any atom is 0.344 e. The second-order valence-corrected chi connectivity index (χ2v) is 6.78. The summed E-state index contributed by atoms with van der Waals surface area (Å²) in [7, 11) is 0. The van der Waals surface area contributed by atoms with Crippen molar-refractivity contribution in [2.75, 3.05) is 6.61 Å². The van der Waals surface area contributed by atoms with Crippen molar-refractivity contribution >= 4 is 11.9 Å². The highest BCUT2D eigenvalue weighted by atomic mass is 16.6. The molecule has 0 N–H and O–H groups in total. The van der Waals surface area contributed by atoms with Crippen LogP contribution in [0, 0.1) is 5.41 Å². The molecule has 4 heteroatoms. The average Bonchev–Trinajstić information content (AvgIpc) is 3.20. The van der Waals surface area contributed by atoms with E-state index in [9.17, 15) is 9.59 Å². The summed E-state index contributed by atoms with van der Waals surface area (Å²) >= 11 is 0. The van der Waals surface area contributed by atoms with Crippen molar-refractivity contribution in [3.63, 3.8) is 0 Å². The summed E-state index contributed by atoms with van der Waals surface area (Å²) in [5.41, 5.74) is -0.796. The minimum absolute atomic E-state index is 0.252. The molecule has 1 aliphatic rings. The fraction of sp³-hybridized carbons (Fsp3) is 0.882. The Balaban J connectivity index is 2.26. The molecule has 1 saturated carbocycles. The van der Waals surface area contributed by atoms with E-state index in [1.165, 1.54) is 19.3 Å². The Morgan fingerprint density at radius 1 is 1.10 bits per heavy atom. The molecule has 0 heterocycles. The minimum Gasteiger partial charge on any atom is -0.457 e. The molecule has 0 aromatic rings. The maximum atomic E-state index is 11.8. The second-order valence-electron chi connectivity index (χ2n) is 6.78. The maximum absolute atomic E-state index is 11.8. The van der Waals surface area contributed by atoms with Gasteiger partial charge in [0.25, 0.3) is 0 Å². The third-order valence-corrected chi connectivity index (χ3v) is 4.38. The molecule has 0 saturated heterocycles. The van der Waals surface area contributed by atoms with Crippen LogP contribution >= 0.6 is 0 Å². The molecule has 0 aliphatic heterocycles. The van der Waals surface area contributed by atoms with Crippen LogP contribution in [-0.4, -0.2) is 24.1 Å². The highest BCUT2D eigenvalue weighted by Crippen LogP contribution is 2.44. The van der Waals surface area contributed by atoms with Gasteiger partial charge in [-0.2, -0.15) is 0 Å². The largest absolute Gasteiger partial charge is 0.457 e. The van der Waals surface area contributed by atoms with Crippen molar-refractivity contribution < 1.29 is 19.1 Å². The number of esters is 2. The van der Waals surface area contributed by atoms with Gasteiger partial charge in [-0.3, -0.25) is 4.79 Å². The molecule has 122 valence electrons. The van der Waals surface area contributed by atoms with E-state index in [2.05, 4.69) is 6.92 Å². The summed E-state index contributed by atoms with van der Waals surface area (Å²) in [5.74, 6) is -0.752. The molecule has 0 spiro atoms. The standard InChI is InChI=1S/C17H30O4/c1-5-7-8-9-10-17(11-12-17)21-14(18)13-20-15(19)16(3,4)6-2/h5-13H2,1-4H3. The van der Waals surface area contributed by atoms with E-state index in [0.29, 0.717) is 6.42 Å². The number of hydrogen-bond donors (Lipinski definition) is 0. The monoisotopic (exact) mass is 298 g/mol. The molecule has 4 nitrogen and oxygen atoms in total. The predicted molar refractivity (Wildman–Crippen MR) is 81.8 cm³/mol. The van der Waals surface area contributed by atoms with Gasteiger partial charge >= 0.3 is 11.9 Å². The molecule has 0 unspecified atom stereocenters. The molecule has 1 rings (SSSR count). The van der Waals surface area contributed by atoms with Crippen molar-refractivity contribution in [1.29, 1.82) is 0 Å². The smallest absolute Gasteiger partial charge is 0.344 e. The van der Waals surface area contributed by atoms with Gasteiger partial charge in [0.15, 0.2) is 6.61 Å². The van der Waals surface area contributed by atoms with Crippen LogP contribution in [0.4, 0.5) is 0 Å². The van der Waals surface area contributed by atoms with Crippen LogP contribution in [0.3, 0.4) is 0 Å². The first-order valence-corrected chi connectivity index (χ1v) is 8.24. The molecule has 0 aromatic carbocycles. The van der Waals surface area contributed by atoms with Crippen LogP contribution in [0.2, 0.25) is 0 Å². The Morgan fingerprint density at radius 2 is 1.76 bits per heavy atom. The van der Waals surface area contributed by atoms with E-state index in [0.717, 1.165) is 25.7 Å². The lowest BCUT2D eigenvalue weighted by Gasteiger charge is -2.21. The van der Waals surface area contributed by atoms with Gasteiger partial charge in [0.05, 0.1) is 5.41 Å². The Kier molecular flexibility index (Phi) is 6.69. The van der Waals surface area contributed by atoms with Crippen molar-refractivity contribution in [3.8, 4) is 0 Å². The fourth-order valence-corrected chi connectivity index (χ4v) is 2.15. The van der Waals surface area contributed by atoms with Crippen molar-refractivity contribution in [3.05, 3.63) is 0 Å². The van der Waals surface area contributed by atoms with Gasteiger partial charge in [-0.15, -0.1) is 0 Å². The zero-order valence-corrected chi connectivity index (χ0v) is 14.0. The SMILES string of the molecule is CCCCCCC1(OC(=O)COC(=O)C(C)(C)CC)CC1. The van der Waals surface area contributed by atoms with Crippen molar-refractivity contribution in [2.24, 2.45) is 5.41 Å². The fourth-order valence-electron chi connectivity index (χ4n) is 2.15. The van der Waals surface area contributed by atoms with Crippen LogP contribution in [0.25, 0.3) is 0 Å². The molecule has 0 atom stereocenters. The van der Waals surface area contributed by atoms with Gasteiger partial charge in [-0.05, 0) is 46.0 Å². The number of hydrogen-bond acceptors (Lipinski definition) is 4. The highest BCUT2D eigenvalue weighted by Gasteiger charge is 2.46. The Labute approximate surface area is 128 Å². The summed E-state index contributed by atoms with van der Waals surface area (Å²) < 4.78 is 10.6. The third kappa shape index (κ3) is 6.06. The van der Waals surface area contributed by atoms with Crippen LogP contribution in [-0.2, 0) is 19.1 Å². The van der Waals surface area contributed by atoms with Crippen LogP contribution in [0.1, 0.15) is 79.1 Å². The minimum atomic E-state index is -0.544. The highest BCUT2D eigenvalue weighted by molar-refractivity contribution is 5.80. The topological polar surface area (TPSA) is 52.6 Å². The van der Waals surface area contributed by atoms with E-state index in [1.54, 1.807) is 0 Å². The lowest BCUT2D eigenvalue weighted by molar-refractivity contribution is -0.168. The van der Waals surface area contributed by atoms with E-state index in [4.69, 9.17) is 9.47 Å². The molecular weight excluding hydrogens is 268 g/mol. The van der Waals surface area contributed by atoms with E-state index in [1.807, 2.05) is 20.8 Å². The van der Waals surface area contributed by atoms with Crippen LogP contribution in [0.15, 0.2) is 0 Å². The van der Waals surface area contributed by atoms with Gasteiger partial charge in [-0.25, -0.2) is 4.79 Å². The first kappa shape index (κ1) is 18.0. The van der Waals surface area contributed by atoms with Gasteiger partial charge in [-0.1, -0.05) is 33.1 Å². The first-order valence-electron chi connectivity index (χ1n) is 8.24. The molecule has 0 radical (unpaired) electrons. The number of carbonyl (C=O) groups excluding carboxylic acids is 2. The van der Waals surface area contributed by atoms with Gasteiger partial charge in [0.1, 0.15) is 5.60 Å². The number of rotatable bonds is 10. The summed E-state index contributed by atoms with van der Waals surface area (Å²) in [5, 5.41) is 0. The summed E-state index contributed by atoms with van der Waals surface area (Å²) in [4.78, 5) is 23.6. The van der Waals surface area contributed by atoms with Crippen molar-refractivity contribution in [1.82, 2.24) is 0 Å². The van der Waals surface area contributed by atoms with Gasteiger partial charge < -0.3 is 9.47 Å². The number of unbranched alkanes of at least 4 members (excludes halogenated alkanes) is 3. The van der Waals surface area contributed by atoms with Gasteiger partial charge in [0, 0.05) is 0 Å². The van der Waals surface area contributed by atoms with Gasteiger partial charge in [0.2, 0.25) is 0 Å². The summed E-state index contributed by atoms with van der Waals surface area (Å²) in [6.07, 6.45) is 8.23. The van der Waals surface area contributed by atoms with E-state index >= 15 is 0 Å². The van der Waals surface area contributed by atoms with E-state index in [-0.39, 0.29) is 18.2 Å². The molecule has 21 heavy (non-hydrogen) atoms. The first-order chi connectivity index (χ1) is 9.85. The van der Waals surface area contributed by atoms with Crippen LogP contribution < -0.4 is 0 Å². The third-order valence-electron chi connectivity index (χ3n) is 4.38. The molecule has 0 bridgehead atoms. The predicted octanol–water partition coefficient (Wildman–Crippen LogP) is 4.01. The molecule has 0 amide bonds. The summed E-state index contributed by atoms with van der Waals surface area (Å²) in [6, 6.07) is 0. The summed E-state index contributed by atoms with van der Waals surface area (Å²) in [6.45, 7) is 7.47. The lowest BCUT2D eigenvalue weighted by atomic mass is 9.91. The molecule has 1 aliphatic carbocycles. The molecular formula is C17H30O4. The zero-order chi connectivity index (χ0) is 15.9. The quantitative estimate of drug-likeness (QED) is 0.451. The zero-order valence-electron chi connectivity index (χ0n) is 14.0. The molecule has 1 fully saturated rings. The van der Waals surface area contributed by atoms with Crippen LogP contribution in [0.5, 0.6) is 0 Å². The Bertz CT molecular complexity index is 356. The number of carbonyl (C=O) groups is 2. The molecule has 0 aromatic heterocycles. The van der Waals surface area contributed by atoms with Crippen molar-refractivity contribution in [2.45, 2.75) is 84.7 Å². The number of ether oxygens (including phenoxy) is 2. The lowest BCUT2D eigenvalue weighted by Crippen LogP contribution is -2.30. The second kappa shape index (κ2) is 7.81. The average molecular weight is 298 g/mol. The van der Waals surface area contributed by atoms with E-state index < -0.39 is 11.4 Å². The normalized spacial score (nSPS) is 16.4.